The van der Waals surface area contributed by atoms with Crippen molar-refractivity contribution in [3.05, 3.63) is 85.0 Å². The summed E-state index contributed by atoms with van der Waals surface area (Å²) < 4.78 is 56.1. The highest BCUT2D eigenvalue weighted by Gasteiger charge is 2.35. The summed E-state index contributed by atoms with van der Waals surface area (Å²) >= 11 is 0. The molecule has 1 aromatic heterocycles. The van der Waals surface area contributed by atoms with Crippen LogP contribution in [0.4, 0.5) is 13.2 Å². The fourth-order valence-electron chi connectivity index (χ4n) is 2.67. The molecule has 5 nitrogen and oxygen atoms in total. The third-order valence-electron chi connectivity index (χ3n) is 4.25. The van der Waals surface area contributed by atoms with Gasteiger partial charge in [-0.05, 0) is 61.5 Å². The first-order valence-electron chi connectivity index (χ1n) is 9.22. The fourth-order valence-corrected chi connectivity index (χ4v) is 2.67. The first-order chi connectivity index (χ1) is 15.1. The number of hydrogen-bond donors (Lipinski definition) is 0. The molecule has 0 amide bonds. The molecule has 2 aromatic carbocycles. The van der Waals surface area contributed by atoms with Crippen LogP contribution in [0.25, 0.3) is 22.6 Å². The van der Waals surface area contributed by atoms with Gasteiger partial charge in [0, 0.05) is 22.8 Å². The Morgan fingerprint density at radius 3 is 2.09 bits per heavy atom. The monoisotopic (exact) mass is 442 g/mol. The first-order valence-corrected chi connectivity index (χ1v) is 9.22. The van der Waals surface area contributed by atoms with Gasteiger partial charge < -0.3 is 13.9 Å². The van der Waals surface area contributed by atoms with E-state index in [1.54, 1.807) is 30.3 Å². The predicted molar refractivity (Wildman–Crippen MR) is 111 cm³/mol. The van der Waals surface area contributed by atoms with Crippen molar-refractivity contribution < 1.29 is 36.7 Å². The van der Waals surface area contributed by atoms with E-state index in [9.17, 15) is 22.8 Å². The molecule has 0 saturated heterocycles. The lowest BCUT2D eigenvalue weighted by Gasteiger charge is -2.14. The van der Waals surface area contributed by atoms with Crippen molar-refractivity contribution in [3.63, 3.8) is 0 Å². The maximum atomic E-state index is 13.5. The molecule has 0 N–H and O–H groups in total. The zero-order chi connectivity index (χ0) is 23.5. The standard InChI is InChI=1S/C24H17F3O5/c1-4-22(28)30-17-8-5-15(6-9-17)19-11-12-20(31-19)16-7-10-21(32-23(29)14(2)3)18(13-16)24(25,26)27/h4-13H,1-2H2,3H3. The molecule has 0 unspecified atom stereocenters. The molecule has 8 heteroatoms. The minimum absolute atomic E-state index is 0.0249. The van der Waals surface area contributed by atoms with E-state index in [4.69, 9.17) is 13.9 Å². The first kappa shape index (κ1) is 22.6. The van der Waals surface area contributed by atoms with Gasteiger partial charge in [-0.25, -0.2) is 9.59 Å². The van der Waals surface area contributed by atoms with E-state index < -0.39 is 29.4 Å². The second-order valence-electron chi connectivity index (χ2n) is 6.69. The van der Waals surface area contributed by atoms with E-state index in [0.717, 1.165) is 18.2 Å². The van der Waals surface area contributed by atoms with Crippen molar-refractivity contribution in [2.75, 3.05) is 0 Å². The lowest BCUT2D eigenvalue weighted by atomic mass is 10.1. The molecule has 0 aliphatic carbocycles. The van der Waals surface area contributed by atoms with Crippen LogP contribution in [0.5, 0.6) is 11.5 Å². The van der Waals surface area contributed by atoms with E-state index in [1.165, 1.54) is 19.1 Å². The summed E-state index contributed by atoms with van der Waals surface area (Å²) in [4.78, 5) is 22.9. The summed E-state index contributed by atoms with van der Waals surface area (Å²) in [5.74, 6) is -1.29. The van der Waals surface area contributed by atoms with Gasteiger partial charge in [0.25, 0.3) is 0 Å². The Hall–Kier alpha value is -4.07. The van der Waals surface area contributed by atoms with Gasteiger partial charge in [0.15, 0.2) is 0 Å². The third-order valence-corrected chi connectivity index (χ3v) is 4.25. The van der Waals surface area contributed by atoms with Crippen molar-refractivity contribution in [1.29, 1.82) is 0 Å². The van der Waals surface area contributed by atoms with Crippen molar-refractivity contribution in [2.45, 2.75) is 13.1 Å². The SMILES string of the molecule is C=CC(=O)Oc1ccc(-c2ccc(-c3ccc(OC(=O)C(=C)C)c(C(F)(F)F)c3)o2)cc1. The fraction of sp³-hybridized carbons (Fsp3) is 0.0833. The number of carbonyl (C=O) groups excluding carboxylic acids is 2. The summed E-state index contributed by atoms with van der Waals surface area (Å²) in [5.41, 5.74) is -0.368. The van der Waals surface area contributed by atoms with Crippen molar-refractivity contribution >= 4 is 11.9 Å². The number of benzene rings is 2. The maximum absolute atomic E-state index is 13.5. The minimum atomic E-state index is -4.76. The Balaban J connectivity index is 1.89. The highest BCUT2D eigenvalue weighted by molar-refractivity contribution is 5.89. The normalized spacial score (nSPS) is 11.0. The summed E-state index contributed by atoms with van der Waals surface area (Å²) in [7, 11) is 0. The number of esters is 2. The zero-order valence-corrected chi connectivity index (χ0v) is 16.9. The van der Waals surface area contributed by atoms with E-state index in [2.05, 4.69) is 13.2 Å². The minimum Gasteiger partial charge on any atom is -0.456 e. The second-order valence-corrected chi connectivity index (χ2v) is 6.69. The van der Waals surface area contributed by atoms with Crippen LogP contribution in [-0.2, 0) is 15.8 Å². The van der Waals surface area contributed by atoms with E-state index >= 15 is 0 Å². The van der Waals surface area contributed by atoms with Gasteiger partial charge in [0.1, 0.15) is 23.0 Å². The smallest absolute Gasteiger partial charge is 0.420 e. The topological polar surface area (TPSA) is 65.7 Å². The molecule has 0 aliphatic heterocycles. The Labute approximate surface area is 181 Å². The molecule has 0 aliphatic rings. The number of hydrogen-bond acceptors (Lipinski definition) is 5. The van der Waals surface area contributed by atoms with E-state index in [0.29, 0.717) is 17.1 Å². The Bertz CT molecular complexity index is 1190. The van der Waals surface area contributed by atoms with Crippen LogP contribution in [0, 0.1) is 0 Å². The van der Waals surface area contributed by atoms with Gasteiger partial charge in [-0.3, -0.25) is 0 Å². The summed E-state index contributed by atoms with van der Waals surface area (Å²) in [6, 6.07) is 12.8. The molecule has 3 rings (SSSR count). The molecule has 0 saturated carbocycles. The molecule has 0 atom stereocenters. The van der Waals surface area contributed by atoms with Gasteiger partial charge in [0.2, 0.25) is 0 Å². The number of carbonyl (C=O) groups is 2. The van der Waals surface area contributed by atoms with E-state index in [1.807, 2.05) is 0 Å². The number of alkyl halides is 3. The van der Waals surface area contributed by atoms with E-state index in [-0.39, 0.29) is 16.9 Å². The van der Waals surface area contributed by atoms with Gasteiger partial charge in [0.05, 0.1) is 5.56 Å². The van der Waals surface area contributed by atoms with Crippen molar-refractivity contribution in [1.82, 2.24) is 0 Å². The molecular formula is C24H17F3O5. The number of rotatable bonds is 6. The van der Waals surface area contributed by atoms with Crippen molar-refractivity contribution in [2.24, 2.45) is 0 Å². The Morgan fingerprint density at radius 2 is 1.53 bits per heavy atom. The second kappa shape index (κ2) is 8.97. The summed E-state index contributed by atoms with van der Waals surface area (Å²) in [5, 5.41) is 0. The molecule has 164 valence electrons. The van der Waals surface area contributed by atoms with Gasteiger partial charge >= 0.3 is 18.1 Å². The highest BCUT2D eigenvalue weighted by atomic mass is 19.4. The van der Waals surface area contributed by atoms with Crippen LogP contribution >= 0.6 is 0 Å². The van der Waals surface area contributed by atoms with Crippen LogP contribution in [0.3, 0.4) is 0 Å². The van der Waals surface area contributed by atoms with Crippen LogP contribution in [0.2, 0.25) is 0 Å². The van der Waals surface area contributed by atoms with Crippen LogP contribution in [-0.4, -0.2) is 11.9 Å². The number of ether oxygens (including phenoxy) is 2. The molecule has 0 bridgehead atoms. The van der Waals surface area contributed by atoms with Crippen molar-refractivity contribution in [3.8, 4) is 34.1 Å². The Kier molecular flexibility index (Phi) is 6.34. The quantitative estimate of drug-likeness (QED) is 0.258. The average Bonchev–Trinajstić information content (AvgIpc) is 3.23. The molecular weight excluding hydrogens is 425 g/mol. The lowest BCUT2D eigenvalue weighted by Crippen LogP contribution is -2.14. The Morgan fingerprint density at radius 1 is 0.938 bits per heavy atom. The van der Waals surface area contributed by atoms with Crippen LogP contribution in [0.15, 0.2) is 83.8 Å². The summed E-state index contributed by atoms with van der Waals surface area (Å²) in [6.45, 7) is 8.01. The largest absolute Gasteiger partial charge is 0.456 e. The highest BCUT2D eigenvalue weighted by Crippen LogP contribution is 2.40. The molecule has 32 heavy (non-hydrogen) atoms. The number of furan rings is 1. The molecule has 0 spiro atoms. The third kappa shape index (κ3) is 5.15. The van der Waals surface area contributed by atoms with Crippen LogP contribution in [0.1, 0.15) is 12.5 Å². The summed E-state index contributed by atoms with van der Waals surface area (Å²) in [6.07, 6.45) is -3.72. The molecule has 1 heterocycles. The zero-order valence-electron chi connectivity index (χ0n) is 16.9. The molecule has 3 aromatic rings. The maximum Gasteiger partial charge on any atom is 0.420 e. The van der Waals surface area contributed by atoms with Gasteiger partial charge in [-0.1, -0.05) is 13.2 Å². The van der Waals surface area contributed by atoms with Crippen LogP contribution < -0.4 is 9.47 Å². The predicted octanol–water partition coefficient (Wildman–Crippen LogP) is 6.21. The average molecular weight is 442 g/mol. The molecule has 0 fully saturated rings. The number of halogens is 3. The lowest BCUT2D eigenvalue weighted by molar-refractivity contribution is -0.141. The van der Waals surface area contributed by atoms with Gasteiger partial charge in [-0.2, -0.15) is 13.2 Å². The molecule has 0 radical (unpaired) electrons. The van der Waals surface area contributed by atoms with Gasteiger partial charge in [-0.15, -0.1) is 0 Å².